The zero-order valence-electron chi connectivity index (χ0n) is 14.7. The van der Waals surface area contributed by atoms with E-state index < -0.39 is 11.9 Å². The summed E-state index contributed by atoms with van der Waals surface area (Å²) in [5, 5.41) is 9.70. The van der Waals surface area contributed by atoms with Gasteiger partial charge in [0.15, 0.2) is 11.7 Å². The first-order valence-corrected chi connectivity index (χ1v) is 8.84. The van der Waals surface area contributed by atoms with Crippen LogP contribution in [0.2, 0.25) is 0 Å². The molecule has 2 heterocycles. The number of pyridine rings is 1. The Morgan fingerprint density at radius 1 is 1.30 bits per heavy atom. The van der Waals surface area contributed by atoms with Gasteiger partial charge in [0.2, 0.25) is 5.91 Å². The summed E-state index contributed by atoms with van der Waals surface area (Å²) in [4.78, 5) is 23.4. The number of nitrogens with zero attached hydrogens (tertiary/aromatic N) is 3. The summed E-state index contributed by atoms with van der Waals surface area (Å²) in [5.41, 5.74) is 0.0840. The number of guanidine groups is 1. The molecule has 2 rings (SSSR count). The molecule has 0 atom stereocenters. The van der Waals surface area contributed by atoms with Crippen molar-refractivity contribution in [3.63, 3.8) is 0 Å². The zero-order chi connectivity index (χ0) is 19.9. The van der Waals surface area contributed by atoms with Crippen molar-refractivity contribution in [2.75, 3.05) is 18.9 Å². The molecular weight excluding hydrogens is 381 g/mol. The van der Waals surface area contributed by atoms with Crippen molar-refractivity contribution >= 4 is 29.0 Å². The second-order valence-corrected chi connectivity index (χ2v) is 6.44. The molecule has 3 N–H and O–H groups in total. The van der Waals surface area contributed by atoms with E-state index in [0.29, 0.717) is 18.3 Å². The second kappa shape index (κ2) is 9.31. The van der Waals surface area contributed by atoms with Crippen molar-refractivity contribution in [2.24, 2.45) is 4.99 Å². The minimum Gasteiger partial charge on any atom is -0.356 e. The van der Waals surface area contributed by atoms with Crippen molar-refractivity contribution in [1.29, 1.82) is 0 Å². The molecule has 0 aromatic carbocycles. The molecule has 0 radical (unpaired) electrons. The fraction of sp³-hybridized carbons (Fsp3) is 0.375. The highest BCUT2D eigenvalue weighted by atomic mass is 32.1. The van der Waals surface area contributed by atoms with Crippen molar-refractivity contribution < 1.29 is 18.0 Å². The first-order chi connectivity index (χ1) is 12.8. The average molecular weight is 400 g/mol. The lowest BCUT2D eigenvalue weighted by Gasteiger charge is -2.11. The molecule has 0 unspecified atom stereocenters. The number of alkyl halides is 3. The molecular formula is C16H19F3N6OS. The van der Waals surface area contributed by atoms with Gasteiger partial charge in [0.05, 0.1) is 6.54 Å². The molecule has 0 aliphatic heterocycles. The van der Waals surface area contributed by atoms with E-state index in [0.717, 1.165) is 22.3 Å². The van der Waals surface area contributed by atoms with Crippen LogP contribution in [0.4, 0.5) is 19.0 Å². The average Bonchev–Trinajstić information content (AvgIpc) is 3.09. The monoisotopic (exact) mass is 400 g/mol. The van der Waals surface area contributed by atoms with Crippen LogP contribution in [0.5, 0.6) is 0 Å². The number of thiazole rings is 1. The van der Waals surface area contributed by atoms with Gasteiger partial charge in [0.25, 0.3) is 0 Å². The molecule has 2 aromatic rings. The number of nitrogens with one attached hydrogen (secondary N) is 3. The Bertz CT molecular complexity index is 788. The molecule has 0 saturated carbocycles. The summed E-state index contributed by atoms with van der Waals surface area (Å²) in [6.07, 6.45) is -2.62. The first kappa shape index (κ1) is 20.6. The van der Waals surface area contributed by atoms with Crippen molar-refractivity contribution in [1.82, 2.24) is 20.6 Å². The largest absolute Gasteiger partial charge is 0.434 e. The number of hydrogen-bond donors (Lipinski definition) is 3. The normalized spacial score (nSPS) is 12.0. The minimum absolute atomic E-state index is 0.0971. The summed E-state index contributed by atoms with van der Waals surface area (Å²) in [7, 11) is 1.52. The molecule has 0 aliphatic rings. The Hall–Kier alpha value is -2.69. The maximum Gasteiger partial charge on any atom is 0.434 e. The smallest absolute Gasteiger partial charge is 0.356 e. The summed E-state index contributed by atoms with van der Waals surface area (Å²) >= 11 is 0.912. The molecule has 0 spiro atoms. The predicted octanol–water partition coefficient (Wildman–Crippen LogP) is 2.56. The van der Waals surface area contributed by atoms with E-state index in [2.05, 4.69) is 30.9 Å². The van der Waals surface area contributed by atoms with E-state index >= 15 is 0 Å². The summed E-state index contributed by atoms with van der Waals surface area (Å²) in [6.45, 7) is 2.29. The summed E-state index contributed by atoms with van der Waals surface area (Å²) in [6, 6.07) is 3.56. The van der Waals surface area contributed by atoms with Crippen LogP contribution < -0.4 is 16.0 Å². The van der Waals surface area contributed by atoms with E-state index in [1.165, 1.54) is 7.05 Å². The maximum absolute atomic E-state index is 12.5. The lowest BCUT2D eigenvalue weighted by atomic mass is 10.3. The van der Waals surface area contributed by atoms with Crippen LogP contribution in [0.15, 0.2) is 28.7 Å². The molecule has 11 heteroatoms. The number of rotatable bonds is 6. The van der Waals surface area contributed by atoms with Gasteiger partial charge in [-0.15, -0.1) is 11.3 Å². The Morgan fingerprint density at radius 2 is 2.07 bits per heavy atom. The van der Waals surface area contributed by atoms with Gasteiger partial charge in [-0.25, -0.2) is 9.97 Å². The third kappa shape index (κ3) is 6.85. The number of carbonyl (C=O) groups is 1. The third-order valence-corrected chi connectivity index (χ3v) is 4.15. The van der Waals surface area contributed by atoms with Crippen LogP contribution in [0, 0.1) is 6.92 Å². The molecule has 2 aromatic heterocycles. The van der Waals surface area contributed by atoms with Crippen molar-refractivity contribution in [3.05, 3.63) is 40.0 Å². The second-order valence-electron chi connectivity index (χ2n) is 5.50. The number of aliphatic imine (C=N–C) groups is 1. The lowest BCUT2D eigenvalue weighted by Crippen LogP contribution is -2.38. The summed E-state index contributed by atoms with van der Waals surface area (Å²) in [5.74, 6) is 0.612. The number of aryl methyl sites for hydroxylation is 1. The quantitative estimate of drug-likeness (QED) is 0.512. The molecule has 0 fully saturated rings. The van der Waals surface area contributed by atoms with Crippen LogP contribution >= 0.6 is 11.3 Å². The van der Waals surface area contributed by atoms with Crippen LogP contribution in [0.3, 0.4) is 0 Å². The van der Waals surface area contributed by atoms with Gasteiger partial charge in [-0.2, -0.15) is 13.2 Å². The lowest BCUT2D eigenvalue weighted by molar-refractivity contribution is -0.140. The van der Waals surface area contributed by atoms with Crippen LogP contribution in [0.25, 0.3) is 0 Å². The summed E-state index contributed by atoms with van der Waals surface area (Å²) < 4.78 is 37.6. The molecule has 0 aliphatic carbocycles. The Morgan fingerprint density at radius 3 is 2.67 bits per heavy atom. The highest BCUT2D eigenvalue weighted by molar-refractivity contribution is 7.09. The number of carbonyl (C=O) groups excluding carboxylic acids is 1. The van der Waals surface area contributed by atoms with Crippen molar-refractivity contribution in [3.8, 4) is 0 Å². The number of hydrogen-bond acceptors (Lipinski definition) is 5. The number of aromatic nitrogens is 2. The fourth-order valence-electron chi connectivity index (χ4n) is 1.94. The van der Waals surface area contributed by atoms with Crippen LogP contribution in [-0.4, -0.2) is 35.4 Å². The third-order valence-electron chi connectivity index (χ3n) is 3.30. The molecule has 146 valence electrons. The molecule has 0 bridgehead atoms. The van der Waals surface area contributed by atoms with Gasteiger partial charge in [-0.3, -0.25) is 9.79 Å². The Kier molecular flexibility index (Phi) is 7.11. The highest BCUT2D eigenvalue weighted by Crippen LogP contribution is 2.29. The van der Waals surface area contributed by atoms with Gasteiger partial charge < -0.3 is 16.0 Å². The number of anilines is 1. The van der Waals surface area contributed by atoms with Gasteiger partial charge in [-0.1, -0.05) is 6.07 Å². The van der Waals surface area contributed by atoms with Crippen LogP contribution in [-0.2, 0) is 17.5 Å². The van der Waals surface area contributed by atoms with E-state index in [-0.39, 0.29) is 23.9 Å². The maximum atomic E-state index is 12.5. The van der Waals surface area contributed by atoms with Crippen LogP contribution in [0.1, 0.15) is 22.7 Å². The van der Waals surface area contributed by atoms with Crippen molar-refractivity contribution in [2.45, 2.75) is 26.1 Å². The Labute approximate surface area is 158 Å². The van der Waals surface area contributed by atoms with E-state index in [4.69, 9.17) is 0 Å². The van der Waals surface area contributed by atoms with Gasteiger partial charge in [0.1, 0.15) is 10.8 Å². The highest BCUT2D eigenvalue weighted by Gasteiger charge is 2.33. The van der Waals surface area contributed by atoms with Gasteiger partial charge in [-0.05, 0) is 18.6 Å². The molecule has 0 saturated heterocycles. The predicted molar refractivity (Wildman–Crippen MR) is 97.5 cm³/mol. The molecule has 7 nitrogen and oxygen atoms in total. The molecule has 27 heavy (non-hydrogen) atoms. The Balaban J connectivity index is 1.73. The van der Waals surface area contributed by atoms with Gasteiger partial charge in [0, 0.05) is 31.6 Å². The van der Waals surface area contributed by atoms with E-state index in [1.807, 2.05) is 13.0 Å². The minimum atomic E-state index is -4.45. The van der Waals surface area contributed by atoms with E-state index in [1.54, 1.807) is 12.3 Å². The SMILES string of the molecule is CN=C(NCCC(=O)Nc1ccc(C)cn1)NCc1nc(C(F)(F)F)cs1. The first-order valence-electron chi connectivity index (χ1n) is 7.96. The number of amides is 1. The zero-order valence-corrected chi connectivity index (χ0v) is 15.5. The van der Waals surface area contributed by atoms with Gasteiger partial charge >= 0.3 is 6.18 Å². The molecule has 1 amide bonds. The number of halogens is 3. The fourth-order valence-corrected chi connectivity index (χ4v) is 2.68. The topological polar surface area (TPSA) is 91.3 Å². The standard InChI is InChI=1S/C16H19F3N6OS/c1-10-3-4-12(22-7-10)25-13(26)5-6-21-15(20-2)23-8-14-24-11(9-27-14)16(17,18)19/h3-4,7,9H,5-6,8H2,1-2H3,(H2,20,21,23)(H,22,25,26). The van der Waals surface area contributed by atoms with E-state index in [9.17, 15) is 18.0 Å².